The van der Waals surface area contributed by atoms with Crippen molar-refractivity contribution < 1.29 is 23.0 Å². The number of rotatable bonds is 3. The molecule has 16 heavy (non-hydrogen) atoms. The first kappa shape index (κ1) is 13.2. The van der Waals surface area contributed by atoms with E-state index in [4.69, 9.17) is 15.1 Å². The lowest BCUT2D eigenvalue weighted by atomic mass is 10.1. The van der Waals surface area contributed by atoms with Crippen molar-refractivity contribution >= 4 is 0 Å². The van der Waals surface area contributed by atoms with Crippen LogP contribution in [0.1, 0.15) is 0 Å². The molecule has 1 saturated heterocycles. The van der Waals surface area contributed by atoms with Crippen LogP contribution in [0.2, 0.25) is 0 Å². The topological polar surface area (TPSA) is 56.5 Å². The van der Waals surface area contributed by atoms with Crippen molar-refractivity contribution in [3.05, 3.63) is 0 Å². The summed E-state index contributed by atoms with van der Waals surface area (Å²) in [6.07, 6.45) is -4.52. The average molecular weight is 238 g/mol. The molecule has 0 aromatic carbocycles. The predicted molar refractivity (Wildman–Crippen MR) is 48.4 cm³/mol. The highest BCUT2D eigenvalue weighted by Gasteiger charge is 2.42. The van der Waals surface area contributed by atoms with Gasteiger partial charge in [0.15, 0.2) is 5.92 Å². The molecule has 2 atom stereocenters. The number of nitriles is 1. The summed E-state index contributed by atoms with van der Waals surface area (Å²) in [5.41, 5.74) is 0. The molecule has 0 aromatic heterocycles. The Bertz CT molecular complexity index is 264. The van der Waals surface area contributed by atoms with Gasteiger partial charge in [-0.25, -0.2) is 0 Å². The molecule has 1 fully saturated rings. The fourth-order valence-corrected chi connectivity index (χ4v) is 1.55. The molecule has 1 rings (SSSR count). The van der Waals surface area contributed by atoms with Gasteiger partial charge in [0.05, 0.1) is 31.9 Å². The van der Waals surface area contributed by atoms with Crippen LogP contribution in [-0.4, -0.2) is 55.1 Å². The molecule has 1 aliphatic rings. The van der Waals surface area contributed by atoms with Crippen molar-refractivity contribution in [1.29, 1.82) is 5.26 Å². The average Bonchev–Trinajstić information content (AvgIpc) is 2.24. The Morgan fingerprint density at radius 1 is 1.56 bits per heavy atom. The monoisotopic (exact) mass is 238 g/mol. The Balaban J connectivity index is 2.60. The standard InChI is InChI=1S/C9H13F3N2O2/c10-9(11,12)7(3-13)4-14-1-2-16-6-8(14)5-15/h7-8,15H,1-2,4-6H2. The van der Waals surface area contributed by atoms with Crippen molar-refractivity contribution in [3.63, 3.8) is 0 Å². The number of halogens is 3. The molecule has 0 spiro atoms. The van der Waals surface area contributed by atoms with Gasteiger partial charge in [-0.1, -0.05) is 0 Å². The summed E-state index contributed by atoms with van der Waals surface area (Å²) in [5, 5.41) is 17.4. The summed E-state index contributed by atoms with van der Waals surface area (Å²) in [6.45, 7) is 0.156. The largest absolute Gasteiger partial charge is 0.405 e. The van der Waals surface area contributed by atoms with Crippen LogP contribution in [0.4, 0.5) is 13.2 Å². The molecular weight excluding hydrogens is 225 g/mol. The first-order chi connectivity index (χ1) is 7.49. The summed E-state index contributed by atoms with van der Waals surface area (Å²) in [6, 6.07) is 0.793. The van der Waals surface area contributed by atoms with Gasteiger partial charge in [-0.3, -0.25) is 4.90 Å². The van der Waals surface area contributed by atoms with Crippen LogP contribution in [-0.2, 0) is 4.74 Å². The number of aliphatic hydroxyl groups excluding tert-OH is 1. The van der Waals surface area contributed by atoms with Gasteiger partial charge < -0.3 is 9.84 Å². The van der Waals surface area contributed by atoms with E-state index in [1.807, 2.05) is 0 Å². The van der Waals surface area contributed by atoms with Gasteiger partial charge >= 0.3 is 6.18 Å². The lowest BCUT2D eigenvalue weighted by Crippen LogP contribution is -2.50. The molecule has 0 radical (unpaired) electrons. The van der Waals surface area contributed by atoms with E-state index in [9.17, 15) is 13.2 Å². The quantitative estimate of drug-likeness (QED) is 0.772. The van der Waals surface area contributed by atoms with Crippen LogP contribution >= 0.6 is 0 Å². The summed E-state index contributed by atoms with van der Waals surface area (Å²) in [4.78, 5) is 1.45. The van der Waals surface area contributed by atoms with Crippen molar-refractivity contribution in [2.75, 3.05) is 32.9 Å². The molecule has 1 heterocycles. The zero-order chi connectivity index (χ0) is 12.2. The molecular formula is C9H13F3N2O2. The number of morpholine rings is 1. The molecule has 0 aliphatic carbocycles. The molecule has 0 aromatic rings. The van der Waals surface area contributed by atoms with E-state index >= 15 is 0 Å². The van der Waals surface area contributed by atoms with Crippen LogP contribution in [0.25, 0.3) is 0 Å². The van der Waals surface area contributed by atoms with Crippen molar-refractivity contribution in [3.8, 4) is 6.07 Å². The maximum atomic E-state index is 12.4. The number of hydrogen-bond acceptors (Lipinski definition) is 4. The molecule has 2 unspecified atom stereocenters. The van der Waals surface area contributed by atoms with Crippen molar-refractivity contribution in [1.82, 2.24) is 4.90 Å². The van der Waals surface area contributed by atoms with Gasteiger partial charge in [0, 0.05) is 13.1 Å². The van der Waals surface area contributed by atoms with E-state index in [2.05, 4.69) is 0 Å². The molecule has 0 amide bonds. The van der Waals surface area contributed by atoms with Crippen molar-refractivity contribution in [2.45, 2.75) is 12.2 Å². The number of alkyl halides is 3. The number of hydrogen-bond donors (Lipinski definition) is 1. The van der Waals surface area contributed by atoms with Crippen LogP contribution in [0, 0.1) is 17.2 Å². The summed E-state index contributed by atoms with van der Waals surface area (Å²) < 4.78 is 42.1. The Morgan fingerprint density at radius 3 is 2.75 bits per heavy atom. The first-order valence-electron chi connectivity index (χ1n) is 4.88. The Kier molecular flexibility index (Phi) is 4.53. The molecule has 4 nitrogen and oxygen atoms in total. The third kappa shape index (κ3) is 3.33. The second kappa shape index (κ2) is 5.48. The minimum Gasteiger partial charge on any atom is -0.395 e. The van der Waals surface area contributed by atoms with E-state index in [0.717, 1.165) is 0 Å². The summed E-state index contributed by atoms with van der Waals surface area (Å²) >= 11 is 0. The molecule has 0 saturated carbocycles. The highest BCUT2D eigenvalue weighted by Crippen LogP contribution is 2.27. The second-order valence-electron chi connectivity index (χ2n) is 3.63. The maximum absolute atomic E-state index is 12.4. The van der Waals surface area contributed by atoms with E-state index in [1.165, 1.54) is 11.0 Å². The highest BCUT2D eigenvalue weighted by atomic mass is 19.4. The van der Waals surface area contributed by atoms with Gasteiger partial charge in [-0.15, -0.1) is 0 Å². The van der Waals surface area contributed by atoms with Gasteiger partial charge in [0.25, 0.3) is 0 Å². The molecule has 1 aliphatic heterocycles. The zero-order valence-electron chi connectivity index (χ0n) is 8.57. The molecule has 1 N–H and O–H groups in total. The maximum Gasteiger partial charge on any atom is 0.405 e. The predicted octanol–water partition coefficient (Wildman–Crippen LogP) is 0.382. The van der Waals surface area contributed by atoms with Crippen molar-refractivity contribution in [2.24, 2.45) is 5.92 Å². The fraction of sp³-hybridized carbons (Fsp3) is 0.889. The second-order valence-corrected chi connectivity index (χ2v) is 3.63. The molecule has 92 valence electrons. The van der Waals surface area contributed by atoms with Gasteiger partial charge in [-0.2, -0.15) is 18.4 Å². The first-order valence-corrected chi connectivity index (χ1v) is 4.88. The fourth-order valence-electron chi connectivity index (χ4n) is 1.55. The Labute approximate surface area is 91.2 Å². The summed E-state index contributed by atoms with van der Waals surface area (Å²) in [7, 11) is 0. The third-order valence-corrected chi connectivity index (χ3v) is 2.53. The van der Waals surface area contributed by atoms with Gasteiger partial charge in [0.1, 0.15) is 0 Å². The zero-order valence-corrected chi connectivity index (χ0v) is 8.57. The third-order valence-electron chi connectivity index (χ3n) is 2.53. The minimum atomic E-state index is -4.52. The van der Waals surface area contributed by atoms with E-state index < -0.39 is 24.7 Å². The molecule has 0 bridgehead atoms. The highest BCUT2D eigenvalue weighted by molar-refractivity contribution is 4.92. The van der Waals surface area contributed by atoms with Gasteiger partial charge in [0.2, 0.25) is 0 Å². The van der Waals surface area contributed by atoms with Crippen LogP contribution in [0.5, 0.6) is 0 Å². The van der Waals surface area contributed by atoms with E-state index in [1.54, 1.807) is 0 Å². The molecule has 7 heteroatoms. The van der Waals surface area contributed by atoms with E-state index in [0.29, 0.717) is 13.2 Å². The van der Waals surface area contributed by atoms with Crippen LogP contribution in [0.3, 0.4) is 0 Å². The Morgan fingerprint density at radius 2 is 2.25 bits per heavy atom. The normalized spacial score (nSPS) is 25.1. The summed E-state index contributed by atoms with van der Waals surface area (Å²) in [5.74, 6) is -2.01. The van der Waals surface area contributed by atoms with Gasteiger partial charge in [-0.05, 0) is 0 Å². The number of ether oxygens (including phenoxy) is 1. The SMILES string of the molecule is N#CC(CN1CCOCC1CO)C(F)(F)F. The minimum absolute atomic E-state index is 0.201. The lowest BCUT2D eigenvalue weighted by molar-refractivity contribution is -0.168. The van der Waals surface area contributed by atoms with Crippen LogP contribution in [0.15, 0.2) is 0 Å². The smallest absolute Gasteiger partial charge is 0.395 e. The van der Waals surface area contributed by atoms with Crippen LogP contribution < -0.4 is 0 Å². The van der Waals surface area contributed by atoms with E-state index in [-0.39, 0.29) is 13.2 Å². The number of nitrogens with zero attached hydrogens (tertiary/aromatic N) is 2. The number of aliphatic hydroxyl groups is 1. The lowest BCUT2D eigenvalue weighted by Gasteiger charge is -2.35. The Hall–Kier alpha value is -0.840.